The second kappa shape index (κ2) is 9.01. The first kappa shape index (κ1) is 21.1. The van der Waals surface area contributed by atoms with Gasteiger partial charge in [-0.2, -0.15) is 0 Å². The van der Waals surface area contributed by atoms with Crippen molar-refractivity contribution in [2.75, 3.05) is 25.1 Å². The van der Waals surface area contributed by atoms with Crippen LogP contribution >= 0.6 is 11.6 Å². The molecule has 0 aliphatic carbocycles. The molecule has 0 bridgehead atoms. The van der Waals surface area contributed by atoms with Crippen LogP contribution in [0.5, 0.6) is 11.5 Å². The minimum atomic E-state index is -0.905. The van der Waals surface area contributed by atoms with Gasteiger partial charge in [-0.25, -0.2) is 0 Å². The van der Waals surface area contributed by atoms with Gasteiger partial charge in [0.2, 0.25) is 0 Å². The number of carboxylic acids is 1. The molecule has 9 heteroatoms. The minimum absolute atomic E-state index is 0.112. The Kier molecular flexibility index (Phi) is 5.77. The number of benzene rings is 3. The summed E-state index contributed by atoms with van der Waals surface area (Å²) in [7, 11) is 0. The van der Waals surface area contributed by atoms with Crippen molar-refractivity contribution in [3.63, 3.8) is 0 Å². The van der Waals surface area contributed by atoms with E-state index in [1.165, 1.54) is 0 Å². The van der Waals surface area contributed by atoms with Gasteiger partial charge in [0.05, 0.1) is 22.6 Å². The molecule has 0 radical (unpaired) electrons. The van der Waals surface area contributed by atoms with E-state index in [2.05, 4.69) is 15.8 Å². The number of hydrogen-bond acceptors (Lipinski definition) is 7. The average Bonchev–Trinajstić information content (AvgIpc) is 3.22. The third-order valence-corrected chi connectivity index (χ3v) is 5.65. The summed E-state index contributed by atoms with van der Waals surface area (Å²) in [4.78, 5) is 10.7. The van der Waals surface area contributed by atoms with Crippen LogP contribution in [0.1, 0.15) is 5.56 Å². The molecule has 8 nitrogen and oxygen atoms in total. The Hall–Kier alpha value is -3.75. The normalized spacial score (nSPS) is 12.6. The smallest absolute Gasteiger partial charge is 0.317 e. The van der Waals surface area contributed by atoms with Gasteiger partial charge >= 0.3 is 5.97 Å². The highest BCUT2D eigenvalue weighted by Crippen LogP contribution is 2.40. The number of nitrogens with one attached hydrogen (secondary N) is 2. The summed E-state index contributed by atoms with van der Waals surface area (Å²) >= 11 is 6.75. The molecule has 4 aromatic rings. The highest BCUT2D eigenvalue weighted by molar-refractivity contribution is 6.36. The van der Waals surface area contributed by atoms with Crippen molar-refractivity contribution in [3.8, 4) is 22.6 Å². The van der Waals surface area contributed by atoms with Gasteiger partial charge in [-0.15, -0.1) is 0 Å². The van der Waals surface area contributed by atoms with Crippen molar-refractivity contribution < 1.29 is 23.9 Å². The van der Waals surface area contributed by atoms with Gasteiger partial charge in [-0.1, -0.05) is 41.0 Å². The fourth-order valence-electron chi connectivity index (χ4n) is 3.69. The molecule has 0 spiro atoms. The predicted molar refractivity (Wildman–Crippen MR) is 125 cm³/mol. The van der Waals surface area contributed by atoms with E-state index in [1.807, 2.05) is 54.6 Å². The van der Waals surface area contributed by atoms with Crippen LogP contribution in [0.3, 0.4) is 0 Å². The summed E-state index contributed by atoms with van der Waals surface area (Å²) in [5.74, 6) is 1.06. The fraction of sp³-hybridized carbons (Fsp3) is 0.167. The zero-order chi connectivity index (χ0) is 22.8. The van der Waals surface area contributed by atoms with Crippen LogP contribution in [0, 0.1) is 0 Å². The summed E-state index contributed by atoms with van der Waals surface area (Å²) in [6, 6.07) is 17.1. The molecule has 3 aromatic carbocycles. The second-order valence-corrected chi connectivity index (χ2v) is 7.89. The number of anilines is 2. The van der Waals surface area contributed by atoms with E-state index in [1.54, 1.807) is 0 Å². The number of carbonyl (C=O) groups is 1. The molecule has 0 atom stereocenters. The largest absolute Gasteiger partial charge is 0.486 e. The van der Waals surface area contributed by atoms with Crippen LogP contribution in [0.25, 0.3) is 22.1 Å². The van der Waals surface area contributed by atoms with Crippen LogP contribution in [-0.2, 0) is 11.3 Å². The predicted octanol–water partition coefficient (Wildman–Crippen LogP) is 4.84. The molecule has 0 unspecified atom stereocenters. The van der Waals surface area contributed by atoms with E-state index < -0.39 is 5.97 Å². The summed E-state index contributed by atoms with van der Waals surface area (Å²) in [5, 5.41) is 20.3. The quantitative estimate of drug-likeness (QED) is 0.356. The number of fused-ring (bicyclic) bond motifs is 2. The zero-order valence-electron chi connectivity index (χ0n) is 17.4. The van der Waals surface area contributed by atoms with Crippen LogP contribution in [0.2, 0.25) is 5.02 Å². The van der Waals surface area contributed by atoms with Crippen molar-refractivity contribution in [2.45, 2.75) is 6.54 Å². The maximum atomic E-state index is 10.7. The fourth-order valence-corrected chi connectivity index (χ4v) is 3.97. The Balaban J connectivity index is 1.39. The Morgan fingerprint density at radius 1 is 1.06 bits per heavy atom. The standard InChI is InChI=1S/C24H20ClN3O5/c25-23-16(15-5-7-19-21(11-15)32-9-8-31-19)2-1-3-18(23)27-24-17-6-4-14(10-20(17)33-28-24)12-26-13-22(29)30/h1-7,10-11,26H,8-9,12-13H2,(H,27,28)(H,29,30). The molecule has 3 N–H and O–H groups in total. The highest BCUT2D eigenvalue weighted by atomic mass is 35.5. The SMILES string of the molecule is O=C(O)CNCc1ccc2c(Nc3cccc(-c4ccc5c(c4)OCCO5)c3Cl)noc2c1. The average molecular weight is 466 g/mol. The van der Waals surface area contributed by atoms with E-state index in [0.29, 0.717) is 47.6 Å². The first-order valence-electron chi connectivity index (χ1n) is 10.3. The highest BCUT2D eigenvalue weighted by Gasteiger charge is 2.16. The molecule has 5 rings (SSSR count). The number of aromatic nitrogens is 1. The van der Waals surface area contributed by atoms with Crippen LogP contribution in [0.4, 0.5) is 11.5 Å². The van der Waals surface area contributed by atoms with Gasteiger partial charge in [0, 0.05) is 12.1 Å². The molecule has 2 heterocycles. The molecule has 1 aliphatic heterocycles. The molecule has 0 saturated heterocycles. The molecular weight excluding hydrogens is 446 g/mol. The molecule has 1 aromatic heterocycles. The summed E-state index contributed by atoms with van der Waals surface area (Å²) in [5.41, 5.74) is 3.93. The number of hydrogen-bond donors (Lipinski definition) is 3. The zero-order valence-corrected chi connectivity index (χ0v) is 18.2. The molecule has 0 saturated carbocycles. The third-order valence-electron chi connectivity index (χ3n) is 5.25. The second-order valence-electron chi connectivity index (χ2n) is 7.51. The lowest BCUT2D eigenvalue weighted by atomic mass is 10.0. The monoisotopic (exact) mass is 465 g/mol. The Morgan fingerprint density at radius 3 is 2.76 bits per heavy atom. The Bertz CT molecular complexity index is 1340. The number of nitrogens with zero attached hydrogens (tertiary/aromatic N) is 1. The topological polar surface area (TPSA) is 106 Å². The van der Waals surface area contributed by atoms with E-state index in [0.717, 1.165) is 27.8 Å². The van der Waals surface area contributed by atoms with E-state index in [4.69, 9.17) is 30.7 Å². The summed E-state index contributed by atoms with van der Waals surface area (Å²) in [6.45, 7) is 1.36. The van der Waals surface area contributed by atoms with E-state index in [-0.39, 0.29) is 6.54 Å². The van der Waals surface area contributed by atoms with Crippen molar-refractivity contribution in [1.29, 1.82) is 0 Å². The van der Waals surface area contributed by atoms with E-state index >= 15 is 0 Å². The van der Waals surface area contributed by atoms with Crippen LogP contribution < -0.4 is 20.1 Å². The lowest BCUT2D eigenvalue weighted by molar-refractivity contribution is -0.135. The number of rotatable bonds is 7. The van der Waals surface area contributed by atoms with Gasteiger partial charge < -0.3 is 29.7 Å². The number of aliphatic carboxylic acids is 1. The van der Waals surface area contributed by atoms with Gasteiger partial charge in [0.15, 0.2) is 22.9 Å². The maximum Gasteiger partial charge on any atom is 0.317 e. The van der Waals surface area contributed by atoms with Crippen molar-refractivity contribution in [2.24, 2.45) is 0 Å². The van der Waals surface area contributed by atoms with Gasteiger partial charge in [-0.3, -0.25) is 4.79 Å². The molecule has 1 aliphatic rings. The van der Waals surface area contributed by atoms with Gasteiger partial charge in [0.1, 0.15) is 13.2 Å². The summed E-state index contributed by atoms with van der Waals surface area (Å²) in [6.07, 6.45) is 0. The molecule has 0 fully saturated rings. The summed E-state index contributed by atoms with van der Waals surface area (Å²) < 4.78 is 16.8. The Morgan fingerprint density at radius 2 is 1.91 bits per heavy atom. The number of ether oxygens (including phenoxy) is 2. The van der Waals surface area contributed by atoms with Crippen LogP contribution in [0.15, 0.2) is 59.1 Å². The molecule has 168 valence electrons. The first-order chi connectivity index (χ1) is 16.1. The number of carboxylic acid groups (broad SMARTS) is 1. The number of halogens is 1. The Labute approximate surface area is 194 Å². The van der Waals surface area contributed by atoms with E-state index in [9.17, 15) is 4.79 Å². The first-order valence-corrected chi connectivity index (χ1v) is 10.7. The molecule has 33 heavy (non-hydrogen) atoms. The maximum absolute atomic E-state index is 10.7. The van der Waals surface area contributed by atoms with Crippen LogP contribution in [-0.4, -0.2) is 36.0 Å². The van der Waals surface area contributed by atoms with Crippen molar-refractivity contribution in [3.05, 3.63) is 65.2 Å². The van der Waals surface area contributed by atoms with Gasteiger partial charge in [-0.05, 0) is 41.5 Å². The molecule has 0 amide bonds. The molecular formula is C24H20ClN3O5. The third kappa shape index (κ3) is 4.44. The lowest BCUT2D eigenvalue weighted by Crippen LogP contribution is -2.21. The lowest BCUT2D eigenvalue weighted by Gasteiger charge is -2.19. The van der Waals surface area contributed by atoms with Crippen molar-refractivity contribution in [1.82, 2.24) is 10.5 Å². The van der Waals surface area contributed by atoms with Gasteiger partial charge in [0.25, 0.3) is 0 Å². The van der Waals surface area contributed by atoms with Crippen molar-refractivity contribution >= 4 is 40.0 Å². The minimum Gasteiger partial charge on any atom is -0.486 e.